The molecule has 0 aliphatic carbocycles. The maximum absolute atomic E-state index is 5.29. The molecule has 0 unspecified atom stereocenters. The third-order valence-corrected chi connectivity index (χ3v) is 2.91. The van der Waals surface area contributed by atoms with Crippen molar-refractivity contribution in [2.75, 3.05) is 14.2 Å². The fraction of sp³-hybridized carbons (Fsp3) is 0.231. The molecule has 1 aromatic carbocycles. The first-order valence-corrected chi connectivity index (χ1v) is 6.58. The molecular weight excluding hydrogens is 324 g/mol. The Hall–Kier alpha value is -2.02. The van der Waals surface area contributed by atoms with Crippen molar-refractivity contribution in [3.8, 4) is 11.5 Å². The zero-order valence-corrected chi connectivity index (χ0v) is 12.7. The van der Waals surface area contributed by atoms with E-state index in [1.807, 2.05) is 12.1 Å². The first kappa shape index (κ1) is 14.4. The van der Waals surface area contributed by atoms with Crippen LogP contribution in [-0.2, 0) is 6.54 Å². The van der Waals surface area contributed by atoms with Crippen LogP contribution in [-0.4, -0.2) is 24.2 Å². The molecule has 20 heavy (non-hydrogen) atoms. The van der Waals surface area contributed by atoms with E-state index in [2.05, 4.69) is 36.1 Å². The Kier molecular flexibility index (Phi) is 5.00. The number of methoxy groups -OCH3 is 2. The van der Waals surface area contributed by atoms with Crippen molar-refractivity contribution in [1.82, 2.24) is 9.97 Å². The Morgan fingerprint density at radius 2 is 1.90 bits per heavy atom. The molecule has 6 nitrogen and oxygen atoms in total. The zero-order valence-electron chi connectivity index (χ0n) is 11.1. The lowest BCUT2D eigenvalue weighted by atomic mass is 10.2. The summed E-state index contributed by atoms with van der Waals surface area (Å²) in [6.07, 6.45) is 3.24. The molecule has 0 bridgehead atoms. The van der Waals surface area contributed by atoms with Gasteiger partial charge >= 0.3 is 0 Å². The number of azo groups is 1. The molecule has 0 N–H and O–H groups in total. The lowest BCUT2D eigenvalue weighted by Gasteiger charge is -2.07. The van der Waals surface area contributed by atoms with Crippen LogP contribution in [0.1, 0.15) is 5.56 Å². The molecule has 1 aromatic heterocycles. The number of hydrogen-bond donors (Lipinski definition) is 0. The minimum absolute atomic E-state index is 0.320. The van der Waals surface area contributed by atoms with Gasteiger partial charge in [0.05, 0.1) is 25.2 Å². The normalized spacial score (nSPS) is 10.8. The molecular formula is C13H13BrN4O2. The summed E-state index contributed by atoms with van der Waals surface area (Å²) in [5.41, 5.74) is 0.911. The van der Waals surface area contributed by atoms with E-state index in [0.717, 1.165) is 15.8 Å². The van der Waals surface area contributed by atoms with Crippen LogP contribution in [0.15, 0.2) is 45.3 Å². The summed E-state index contributed by atoms with van der Waals surface area (Å²) in [5.74, 6) is 1.76. The van der Waals surface area contributed by atoms with Crippen LogP contribution in [0, 0.1) is 0 Å². The van der Waals surface area contributed by atoms with E-state index in [1.54, 1.807) is 32.7 Å². The fourth-order valence-corrected chi connectivity index (χ4v) is 1.72. The van der Waals surface area contributed by atoms with Gasteiger partial charge in [-0.1, -0.05) is 0 Å². The Bertz CT molecular complexity index is 602. The summed E-state index contributed by atoms with van der Waals surface area (Å²) in [4.78, 5) is 8.02. The maximum atomic E-state index is 5.29. The van der Waals surface area contributed by atoms with Crippen LogP contribution in [0.25, 0.3) is 0 Å². The number of rotatable bonds is 5. The largest absolute Gasteiger partial charge is 0.497 e. The first-order valence-electron chi connectivity index (χ1n) is 5.79. The summed E-state index contributed by atoms with van der Waals surface area (Å²) >= 11 is 3.26. The van der Waals surface area contributed by atoms with Gasteiger partial charge in [0.15, 0.2) is 0 Å². The molecule has 0 spiro atoms. The van der Waals surface area contributed by atoms with Gasteiger partial charge in [-0.15, -0.1) is 5.11 Å². The average molecular weight is 337 g/mol. The first-order chi connectivity index (χ1) is 9.72. The summed E-state index contributed by atoms with van der Waals surface area (Å²) in [6.45, 7) is 0.382. The van der Waals surface area contributed by atoms with Crippen molar-refractivity contribution in [2.24, 2.45) is 10.2 Å². The topological polar surface area (TPSA) is 69.0 Å². The molecule has 0 aliphatic heterocycles. The summed E-state index contributed by atoms with van der Waals surface area (Å²) in [6, 6.07) is 5.55. The minimum atomic E-state index is 0.320. The van der Waals surface area contributed by atoms with Crippen LogP contribution in [0.2, 0.25) is 0 Å². The van der Waals surface area contributed by atoms with Gasteiger partial charge in [-0.05, 0) is 28.1 Å². The summed E-state index contributed by atoms with van der Waals surface area (Å²) in [5, 5.41) is 8.03. The van der Waals surface area contributed by atoms with Crippen molar-refractivity contribution in [1.29, 1.82) is 0 Å². The van der Waals surface area contributed by atoms with Gasteiger partial charge in [0, 0.05) is 24.0 Å². The molecule has 0 fully saturated rings. The molecule has 0 radical (unpaired) electrons. The minimum Gasteiger partial charge on any atom is -0.497 e. The molecule has 0 aliphatic rings. The number of benzene rings is 1. The highest BCUT2D eigenvalue weighted by molar-refractivity contribution is 9.10. The monoisotopic (exact) mass is 336 g/mol. The van der Waals surface area contributed by atoms with E-state index in [9.17, 15) is 0 Å². The van der Waals surface area contributed by atoms with Crippen molar-refractivity contribution in [3.05, 3.63) is 40.6 Å². The summed E-state index contributed by atoms with van der Waals surface area (Å²) < 4.78 is 11.2. The molecule has 1 heterocycles. The highest BCUT2D eigenvalue weighted by atomic mass is 79.9. The molecule has 0 amide bonds. The Morgan fingerprint density at radius 1 is 1.15 bits per heavy atom. The van der Waals surface area contributed by atoms with Gasteiger partial charge in [0.25, 0.3) is 5.95 Å². The van der Waals surface area contributed by atoms with Crippen LogP contribution in [0.4, 0.5) is 5.95 Å². The number of aromatic nitrogens is 2. The van der Waals surface area contributed by atoms with Gasteiger partial charge in [-0.2, -0.15) is 5.11 Å². The Morgan fingerprint density at radius 3 is 2.55 bits per heavy atom. The lowest BCUT2D eigenvalue weighted by molar-refractivity contribution is 0.391. The molecule has 2 rings (SSSR count). The molecule has 2 aromatic rings. The lowest BCUT2D eigenvalue weighted by Crippen LogP contribution is -1.92. The van der Waals surface area contributed by atoms with E-state index in [-0.39, 0.29) is 0 Å². The predicted octanol–water partition coefficient (Wildman–Crippen LogP) is 3.54. The number of ether oxygens (including phenoxy) is 2. The summed E-state index contributed by atoms with van der Waals surface area (Å²) in [7, 11) is 3.21. The second kappa shape index (κ2) is 6.95. The van der Waals surface area contributed by atoms with E-state index < -0.39 is 0 Å². The zero-order chi connectivity index (χ0) is 14.4. The Balaban J connectivity index is 2.08. The van der Waals surface area contributed by atoms with Crippen molar-refractivity contribution < 1.29 is 9.47 Å². The second-order valence-electron chi connectivity index (χ2n) is 3.78. The number of halogens is 1. The van der Waals surface area contributed by atoms with E-state index in [0.29, 0.717) is 18.2 Å². The van der Waals surface area contributed by atoms with Gasteiger partial charge in [0.1, 0.15) is 11.5 Å². The third-order valence-electron chi connectivity index (χ3n) is 2.50. The van der Waals surface area contributed by atoms with Crippen LogP contribution < -0.4 is 9.47 Å². The maximum Gasteiger partial charge on any atom is 0.268 e. The number of nitrogens with zero attached hydrogens (tertiary/aromatic N) is 4. The van der Waals surface area contributed by atoms with Gasteiger partial charge < -0.3 is 9.47 Å². The van der Waals surface area contributed by atoms with Crippen LogP contribution >= 0.6 is 15.9 Å². The number of hydrogen-bond acceptors (Lipinski definition) is 6. The quantitative estimate of drug-likeness (QED) is 0.783. The molecule has 0 saturated heterocycles. The van der Waals surface area contributed by atoms with Gasteiger partial charge in [-0.25, -0.2) is 9.97 Å². The standard InChI is InChI=1S/C13H13BrN4O2/c1-19-11-4-3-9(12(5-11)20-2)6-17-18-13-15-7-10(14)8-16-13/h3-5,7-8H,6H2,1-2H3. The van der Waals surface area contributed by atoms with E-state index >= 15 is 0 Å². The average Bonchev–Trinajstić information content (AvgIpc) is 2.49. The van der Waals surface area contributed by atoms with Crippen molar-refractivity contribution >= 4 is 21.9 Å². The van der Waals surface area contributed by atoms with Crippen molar-refractivity contribution in [3.63, 3.8) is 0 Å². The highest BCUT2D eigenvalue weighted by Crippen LogP contribution is 2.25. The van der Waals surface area contributed by atoms with Gasteiger partial charge in [-0.3, -0.25) is 0 Å². The SMILES string of the molecule is COc1ccc(CN=Nc2ncc(Br)cn2)c(OC)c1. The van der Waals surface area contributed by atoms with Gasteiger partial charge in [0.2, 0.25) is 0 Å². The van der Waals surface area contributed by atoms with E-state index in [1.165, 1.54) is 0 Å². The predicted molar refractivity (Wildman–Crippen MR) is 77.5 cm³/mol. The second-order valence-corrected chi connectivity index (χ2v) is 4.69. The highest BCUT2D eigenvalue weighted by Gasteiger charge is 2.04. The van der Waals surface area contributed by atoms with E-state index in [4.69, 9.17) is 9.47 Å². The molecule has 0 atom stereocenters. The van der Waals surface area contributed by atoms with Crippen LogP contribution in [0.5, 0.6) is 11.5 Å². The van der Waals surface area contributed by atoms with Crippen LogP contribution in [0.3, 0.4) is 0 Å². The molecule has 0 saturated carbocycles. The van der Waals surface area contributed by atoms with Crippen molar-refractivity contribution in [2.45, 2.75) is 6.54 Å². The smallest absolute Gasteiger partial charge is 0.268 e. The third kappa shape index (κ3) is 3.74. The fourth-order valence-electron chi connectivity index (χ4n) is 1.51. The molecule has 7 heteroatoms. The Labute approximate surface area is 125 Å². The molecule has 104 valence electrons.